The van der Waals surface area contributed by atoms with Crippen LogP contribution in [0.5, 0.6) is 23.0 Å². The van der Waals surface area contributed by atoms with Gasteiger partial charge in [0.2, 0.25) is 0 Å². The van der Waals surface area contributed by atoms with Gasteiger partial charge in [0.15, 0.2) is 17.6 Å². The van der Waals surface area contributed by atoms with Crippen molar-refractivity contribution in [2.75, 3.05) is 19.5 Å². The molecule has 6 nitrogen and oxygen atoms in total. The van der Waals surface area contributed by atoms with Crippen LogP contribution in [0.1, 0.15) is 0 Å². The maximum atomic E-state index is 12.9. The van der Waals surface area contributed by atoms with Crippen LogP contribution in [0.15, 0.2) is 42.5 Å². The minimum absolute atomic E-state index is 0.138. The van der Waals surface area contributed by atoms with Gasteiger partial charge in [0.25, 0.3) is 10.1 Å². The second-order valence-corrected chi connectivity index (χ2v) is 6.85. The fourth-order valence-electron chi connectivity index (χ4n) is 2.08. The standard InChI is InChI=1S/C16H15FO6S/c1-24(18,19)21-10-14-9-20-15-7-6-13(8-16(15)23-14)22-12-4-2-11(17)3-5-12/h2-8,14H,9-10H2,1H3/t14-/m0/s1. The minimum Gasteiger partial charge on any atom is -0.486 e. The molecule has 0 bridgehead atoms. The van der Waals surface area contributed by atoms with Crippen LogP contribution in [0.3, 0.4) is 0 Å². The maximum absolute atomic E-state index is 12.9. The molecule has 3 rings (SSSR count). The number of rotatable bonds is 5. The molecule has 8 heteroatoms. The summed E-state index contributed by atoms with van der Waals surface area (Å²) in [6, 6.07) is 10.6. The van der Waals surface area contributed by atoms with Crippen molar-refractivity contribution in [2.24, 2.45) is 0 Å². The topological polar surface area (TPSA) is 71.1 Å². The number of hydrogen-bond acceptors (Lipinski definition) is 6. The lowest BCUT2D eigenvalue weighted by Crippen LogP contribution is -2.34. The first-order valence-corrected chi connectivity index (χ1v) is 8.92. The van der Waals surface area contributed by atoms with Gasteiger partial charge in [-0.2, -0.15) is 8.42 Å². The van der Waals surface area contributed by atoms with Crippen molar-refractivity contribution in [2.45, 2.75) is 6.10 Å². The van der Waals surface area contributed by atoms with Crippen LogP contribution in [0.2, 0.25) is 0 Å². The first-order valence-electron chi connectivity index (χ1n) is 7.10. The summed E-state index contributed by atoms with van der Waals surface area (Å²) in [5.74, 6) is 1.55. The van der Waals surface area contributed by atoms with E-state index in [1.165, 1.54) is 24.3 Å². The fraction of sp³-hybridized carbons (Fsp3) is 0.250. The van der Waals surface area contributed by atoms with E-state index in [1.54, 1.807) is 18.2 Å². The Labute approximate surface area is 138 Å². The molecule has 0 unspecified atom stereocenters. The van der Waals surface area contributed by atoms with Gasteiger partial charge in [0.05, 0.1) is 6.26 Å². The molecule has 0 saturated carbocycles. The van der Waals surface area contributed by atoms with Gasteiger partial charge in [-0.3, -0.25) is 4.18 Å². The Balaban J connectivity index is 1.70. The van der Waals surface area contributed by atoms with Crippen LogP contribution in [0, 0.1) is 5.82 Å². The van der Waals surface area contributed by atoms with E-state index in [9.17, 15) is 12.8 Å². The molecule has 24 heavy (non-hydrogen) atoms. The van der Waals surface area contributed by atoms with E-state index < -0.39 is 16.2 Å². The molecule has 2 aromatic rings. The molecule has 1 atom stereocenters. The van der Waals surface area contributed by atoms with Crippen LogP contribution >= 0.6 is 0 Å². The van der Waals surface area contributed by atoms with E-state index in [1.807, 2.05) is 0 Å². The number of halogens is 1. The van der Waals surface area contributed by atoms with Gasteiger partial charge in [-0.15, -0.1) is 0 Å². The van der Waals surface area contributed by atoms with E-state index in [-0.39, 0.29) is 19.0 Å². The molecular formula is C16H15FO6S. The van der Waals surface area contributed by atoms with Gasteiger partial charge in [-0.1, -0.05) is 0 Å². The largest absolute Gasteiger partial charge is 0.486 e. The number of ether oxygens (including phenoxy) is 3. The van der Waals surface area contributed by atoms with Gasteiger partial charge in [-0.25, -0.2) is 4.39 Å². The van der Waals surface area contributed by atoms with Crippen molar-refractivity contribution in [3.63, 3.8) is 0 Å². The smallest absolute Gasteiger partial charge is 0.264 e. The molecule has 2 aromatic carbocycles. The summed E-state index contributed by atoms with van der Waals surface area (Å²) in [6.07, 6.45) is 0.424. The first kappa shape index (κ1) is 16.5. The van der Waals surface area contributed by atoms with Gasteiger partial charge in [0.1, 0.15) is 30.5 Å². The van der Waals surface area contributed by atoms with E-state index >= 15 is 0 Å². The Bertz CT molecular complexity index is 819. The average Bonchev–Trinajstić information content (AvgIpc) is 2.54. The molecule has 0 spiro atoms. The van der Waals surface area contributed by atoms with Crippen LogP contribution in [-0.2, 0) is 14.3 Å². The Kier molecular flexibility index (Phi) is 4.59. The maximum Gasteiger partial charge on any atom is 0.264 e. The molecule has 0 N–H and O–H groups in total. The summed E-state index contributed by atoms with van der Waals surface area (Å²) < 4.78 is 56.5. The fourth-order valence-corrected chi connectivity index (χ4v) is 2.48. The third-order valence-electron chi connectivity index (χ3n) is 3.15. The molecule has 0 amide bonds. The average molecular weight is 354 g/mol. The molecule has 1 aliphatic rings. The lowest BCUT2D eigenvalue weighted by molar-refractivity contribution is 0.0555. The normalized spacial score (nSPS) is 16.7. The second kappa shape index (κ2) is 6.66. The Morgan fingerprint density at radius 3 is 2.54 bits per heavy atom. The zero-order chi connectivity index (χ0) is 17.2. The van der Waals surface area contributed by atoms with Crippen molar-refractivity contribution in [1.29, 1.82) is 0 Å². The van der Waals surface area contributed by atoms with Gasteiger partial charge in [-0.05, 0) is 36.4 Å². The minimum atomic E-state index is -3.54. The van der Waals surface area contributed by atoms with Gasteiger partial charge >= 0.3 is 0 Å². The highest BCUT2D eigenvalue weighted by atomic mass is 32.2. The van der Waals surface area contributed by atoms with Crippen molar-refractivity contribution in [3.05, 3.63) is 48.3 Å². The van der Waals surface area contributed by atoms with E-state index in [0.717, 1.165) is 6.26 Å². The predicted octanol–water partition coefficient (Wildman–Crippen LogP) is 2.73. The third-order valence-corrected chi connectivity index (χ3v) is 3.72. The molecule has 0 radical (unpaired) electrons. The van der Waals surface area contributed by atoms with Crippen LogP contribution in [-0.4, -0.2) is 34.0 Å². The van der Waals surface area contributed by atoms with Crippen LogP contribution in [0.4, 0.5) is 4.39 Å². The highest BCUT2D eigenvalue weighted by Crippen LogP contribution is 2.36. The SMILES string of the molecule is CS(=O)(=O)OC[C@@H]1COc2ccc(Oc3ccc(F)cc3)cc2O1. The molecule has 1 heterocycles. The van der Waals surface area contributed by atoms with Crippen LogP contribution in [0.25, 0.3) is 0 Å². The summed E-state index contributed by atoms with van der Waals surface area (Å²) in [5, 5.41) is 0. The monoisotopic (exact) mass is 354 g/mol. The molecule has 0 aliphatic carbocycles. The lowest BCUT2D eigenvalue weighted by Gasteiger charge is -2.26. The number of benzene rings is 2. The summed E-state index contributed by atoms with van der Waals surface area (Å²) in [4.78, 5) is 0. The molecule has 128 valence electrons. The number of hydrogen-bond donors (Lipinski definition) is 0. The van der Waals surface area contributed by atoms with Crippen molar-refractivity contribution in [3.8, 4) is 23.0 Å². The quantitative estimate of drug-likeness (QED) is 0.769. The second-order valence-electron chi connectivity index (χ2n) is 5.20. The van der Waals surface area contributed by atoms with E-state index in [4.69, 9.17) is 18.4 Å². The zero-order valence-corrected chi connectivity index (χ0v) is 13.6. The highest BCUT2D eigenvalue weighted by molar-refractivity contribution is 7.85. The molecule has 0 fully saturated rings. The lowest BCUT2D eigenvalue weighted by atomic mass is 10.2. The summed E-state index contributed by atoms with van der Waals surface area (Å²) in [5.41, 5.74) is 0. The first-order chi connectivity index (χ1) is 11.4. The van der Waals surface area contributed by atoms with Crippen molar-refractivity contribution >= 4 is 10.1 Å². The van der Waals surface area contributed by atoms with E-state index in [0.29, 0.717) is 23.0 Å². The Morgan fingerprint density at radius 1 is 1.12 bits per heavy atom. The predicted molar refractivity (Wildman–Crippen MR) is 83.6 cm³/mol. The summed E-state index contributed by atoms with van der Waals surface area (Å²) in [7, 11) is -3.54. The van der Waals surface area contributed by atoms with Crippen LogP contribution < -0.4 is 14.2 Å². The molecule has 0 saturated heterocycles. The summed E-state index contributed by atoms with van der Waals surface area (Å²) >= 11 is 0. The van der Waals surface area contributed by atoms with Gasteiger partial charge < -0.3 is 14.2 Å². The molecular weight excluding hydrogens is 339 g/mol. The third kappa shape index (κ3) is 4.36. The zero-order valence-electron chi connectivity index (χ0n) is 12.8. The highest BCUT2D eigenvalue weighted by Gasteiger charge is 2.23. The number of fused-ring (bicyclic) bond motifs is 1. The van der Waals surface area contributed by atoms with Crippen molar-refractivity contribution in [1.82, 2.24) is 0 Å². The summed E-state index contributed by atoms with van der Waals surface area (Å²) in [6.45, 7) is 0.0437. The van der Waals surface area contributed by atoms with Gasteiger partial charge in [0, 0.05) is 6.07 Å². The van der Waals surface area contributed by atoms with Crippen molar-refractivity contribution < 1.29 is 31.2 Å². The Hall–Kier alpha value is -2.32. The van der Waals surface area contributed by atoms with E-state index in [2.05, 4.69) is 0 Å². The Morgan fingerprint density at radius 2 is 1.83 bits per heavy atom. The molecule has 0 aromatic heterocycles. The molecule has 1 aliphatic heterocycles.